The quantitative estimate of drug-likeness (QED) is 0.352. The van der Waals surface area contributed by atoms with Crippen LogP contribution in [0.5, 0.6) is 0 Å². The maximum atomic E-state index is 11.9. The molecule has 2 amide bonds. The van der Waals surface area contributed by atoms with Crippen LogP contribution < -0.4 is 10.6 Å². The van der Waals surface area contributed by atoms with E-state index in [0.717, 1.165) is 37.1 Å². The van der Waals surface area contributed by atoms with Gasteiger partial charge in [0.15, 0.2) is 0 Å². The normalized spacial score (nSPS) is 10.8. The average Bonchev–Trinajstić information content (AvgIpc) is 2.70. The molecule has 0 aromatic heterocycles. The number of para-hydroxylation sites is 2. The van der Waals surface area contributed by atoms with Crippen molar-refractivity contribution in [3.63, 3.8) is 0 Å². The van der Waals surface area contributed by atoms with E-state index in [-0.39, 0.29) is 44.4 Å². The van der Waals surface area contributed by atoms with E-state index in [1.807, 2.05) is 64.1 Å². The van der Waals surface area contributed by atoms with Crippen LogP contribution in [0.1, 0.15) is 67.2 Å². The third-order valence-electron chi connectivity index (χ3n) is 4.89. The molecule has 0 saturated heterocycles. The molecule has 2 aromatic rings. The van der Waals surface area contributed by atoms with E-state index in [1.54, 1.807) is 12.1 Å². The van der Waals surface area contributed by atoms with Crippen molar-refractivity contribution < 1.29 is 31.3 Å². The zero-order valence-electron chi connectivity index (χ0n) is 19.8. The molecule has 166 valence electrons. The summed E-state index contributed by atoms with van der Waals surface area (Å²) in [6.07, 6.45) is 3.81. The van der Waals surface area contributed by atoms with Gasteiger partial charge in [-0.05, 0) is 12.8 Å². The SMILES string of the molecule is CCCC(C)(C)C(=O)Nc1[c-]cccc1.CCCC(C)(C)C(=O)Nc1[c-]cccc1.[Ti+2]. The van der Waals surface area contributed by atoms with Gasteiger partial charge in [-0.3, -0.25) is 9.59 Å². The molecule has 0 aliphatic carbocycles. The van der Waals surface area contributed by atoms with Crippen LogP contribution in [0, 0.1) is 23.0 Å². The summed E-state index contributed by atoms with van der Waals surface area (Å²) in [5.74, 6) is 0.124. The predicted octanol–water partition coefficient (Wildman–Crippen LogP) is 6.50. The summed E-state index contributed by atoms with van der Waals surface area (Å²) < 4.78 is 0. The van der Waals surface area contributed by atoms with Gasteiger partial charge in [0, 0.05) is 10.8 Å². The fourth-order valence-electron chi connectivity index (χ4n) is 3.00. The summed E-state index contributed by atoms with van der Waals surface area (Å²) in [5, 5.41) is 5.74. The second kappa shape index (κ2) is 14.2. The number of rotatable bonds is 8. The molecule has 0 fully saturated rings. The smallest absolute Gasteiger partial charge is 0.349 e. The molecule has 4 nitrogen and oxygen atoms in total. The first-order valence-electron chi connectivity index (χ1n) is 10.7. The third kappa shape index (κ3) is 10.8. The van der Waals surface area contributed by atoms with Gasteiger partial charge >= 0.3 is 21.7 Å². The molecule has 0 unspecified atom stereocenters. The first-order valence-corrected chi connectivity index (χ1v) is 10.7. The number of hydrogen-bond acceptors (Lipinski definition) is 2. The third-order valence-corrected chi connectivity index (χ3v) is 4.89. The van der Waals surface area contributed by atoms with Crippen molar-refractivity contribution in [1.29, 1.82) is 0 Å². The van der Waals surface area contributed by atoms with Crippen molar-refractivity contribution in [2.24, 2.45) is 10.8 Å². The molecular weight excluding hydrogens is 420 g/mol. The minimum Gasteiger partial charge on any atom is -0.349 e. The molecule has 0 radical (unpaired) electrons. The largest absolute Gasteiger partial charge is 2.00 e. The number of anilines is 2. The first kappa shape index (κ1) is 29.1. The van der Waals surface area contributed by atoms with E-state index in [9.17, 15) is 9.59 Å². The van der Waals surface area contributed by atoms with Gasteiger partial charge in [0.2, 0.25) is 11.8 Å². The Labute approximate surface area is 203 Å². The van der Waals surface area contributed by atoms with Crippen LogP contribution in [0.3, 0.4) is 0 Å². The predicted molar refractivity (Wildman–Crippen MR) is 125 cm³/mol. The van der Waals surface area contributed by atoms with Crippen molar-refractivity contribution in [3.05, 3.63) is 60.7 Å². The van der Waals surface area contributed by atoms with Crippen molar-refractivity contribution in [2.75, 3.05) is 10.6 Å². The molecule has 0 bridgehead atoms. The molecule has 0 saturated carbocycles. The molecule has 5 heteroatoms. The van der Waals surface area contributed by atoms with Crippen molar-refractivity contribution in [3.8, 4) is 0 Å². The summed E-state index contributed by atoms with van der Waals surface area (Å²) in [6.45, 7) is 12.0. The van der Waals surface area contributed by atoms with Crippen LogP contribution in [0.4, 0.5) is 11.4 Å². The van der Waals surface area contributed by atoms with Gasteiger partial charge in [0.1, 0.15) is 0 Å². The number of amides is 2. The van der Waals surface area contributed by atoms with Crippen LogP contribution in [-0.4, -0.2) is 11.8 Å². The van der Waals surface area contributed by atoms with E-state index in [1.165, 1.54) is 0 Å². The number of nitrogens with one attached hydrogen (secondary N) is 2. The van der Waals surface area contributed by atoms with Crippen molar-refractivity contribution in [1.82, 2.24) is 0 Å². The Morgan fingerprint density at radius 2 is 1.10 bits per heavy atom. The summed E-state index contributed by atoms with van der Waals surface area (Å²) in [5.41, 5.74) is 0.870. The number of carbonyl (C=O) groups is 2. The minimum atomic E-state index is -0.307. The Bertz CT molecular complexity index is 707. The van der Waals surface area contributed by atoms with Gasteiger partial charge in [0.05, 0.1) is 0 Å². The molecule has 0 heterocycles. The minimum absolute atomic E-state index is 0. The monoisotopic (exact) mass is 456 g/mol. The van der Waals surface area contributed by atoms with E-state index in [2.05, 4.69) is 36.6 Å². The molecule has 0 spiro atoms. The topological polar surface area (TPSA) is 58.2 Å². The average molecular weight is 456 g/mol. The van der Waals surface area contributed by atoms with Crippen LogP contribution in [0.15, 0.2) is 48.5 Å². The first-order chi connectivity index (χ1) is 14.1. The maximum Gasteiger partial charge on any atom is 2.00 e. The molecule has 0 atom stereocenters. The molecule has 2 N–H and O–H groups in total. The van der Waals surface area contributed by atoms with Crippen LogP contribution in [0.25, 0.3) is 0 Å². The summed E-state index contributed by atoms with van der Waals surface area (Å²) in [6, 6.07) is 20.8. The fraction of sp³-hybridized carbons (Fsp3) is 0.462. The summed E-state index contributed by atoms with van der Waals surface area (Å²) in [7, 11) is 0. The number of hydrogen-bond donors (Lipinski definition) is 2. The van der Waals surface area contributed by atoms with Crippen molar-refractivity contribution in [2.45, 2.75) is 67.2 Å². The molecule has 0 aliphatic heterocycles. The standard InChI is InChI=1S/2C13H18NO.Ti/c2*1-4-10-13(2,3)12(15)14-11-8-6-5-7-9-11;/h2*5-8H,4,10H2,1-3H3,(H,14,15);/q2*-1;+2. The number of benzene rings is 2. The van der Waals surface area contributed by atoms with Crippen molar-refractivity contribution >= 4 is 23.2 Å². The Morgan fingerprint density at radius 1 is 0.742 bits per heavy atom. The van der Waals surface area contributed by atoms with Gasteiger partial charge in [-0.25, -0.2) is 0 Å². The Kier molecular flexibility index (Phi) is 13.3. The van der Waals surface area contributed by atoms with Gasteiger partial charge in [-0.1, -0.05) is 65.8 Å². The zero-order chi connectivity index (χ0) is 22.6. The molecule has 31 heavy (non-hydrogen) atoms. The Hall–Kier alpha value is -1.91. The second-order valence-electron chi connectivity index (χ2n) is 8.73. The van der Waals surface area contributed by atoms with Crippen LogP contribution >= 0.6 is 0 Å². The van der Waals surface area contributed by atoms with Gasteiger partial charge in [-0.15, -0.1) is 12.1 Å². The van der Waals surface area contributed by atoms with Gasteiger partial charge in [-0.2, -0.15) is 48.5 Å². The Balaban J connectivity index is 0.000000562. The molecule has 2 aromatic carbocycles. The molecular formula is C26H36N2O2Ti. The summed E-state index contributed by atoms with van der Waals surface area (Å²) in [4.78, 5) is 23.8. The molecule has 0 aliphatic rings. The van der Waals surface area contributed by atoms with Gasteiger partial charge < -0.3 is 10.6 Å². The van der Waals surface area contributed by atoms with E-state index in [4.69, 9.17) is 0 Å². The van der Waals surface area contributed by atoms with Gasteiger partial charge in [0.25, 0.3) is 0 Å². The Morgan fingerprint density at radius 3 is 1.35 bits per heavy atom. The van der Waals surface area contributed by atoms with E-state index < -0.39 is 0 Å². The van der Waals surface area contributed by atoms with Crippen LogP contribution in [0.2, 0.25) is 0 Å². The van der Waals surface area contributed by atoms with E-state index in [0.29, 0.717) is 0 Å². The number of carbonyl (C=O) groups excluding carboxylic acids is 2. The zero-order valence-corrected chi connectivity index (χ0v) is 21.3. The second-order valence-corrected chi connectivity index (χ2v) is 8.73. The van der Waals surface area contributed by atoms with E-state index >= 15 is 0 Å². The maximum absolute atomic E-state index is 11.9. The van der Waals surface area contributed by atoms with Crippen LogP contribution in [-0.2, 0) is 31.3 Å². The molecule has 2 rings (SSSR count). The summed E-state index contributed by atoms with van der Waals surface area (Å²) >= 11 is 0. The fourth-order valence-corrected chi connectivity index (χ4v) is 3.00.